The third kappa shape index (κ3) is 4.54. The van der Waals surface area contributed by atoms with Crippen LogP contribution in [0.15, 0.2) is 30.3 Å². The smallest absolute Gasteiger partial charge is 0.308 e. The summed E-state index contributed by atoms with van der Waals surface area (Å²) in [5.74, 6) is -2.06. The van der Waals surface area contributed by atoms with Crippen LogP contribution in [0.3, 0.4) is 0 Å². The van der Waals surface area contributed by atoms with Crippen LogP contribution in [0.4, 0.5) is 0 Å². The maximum Gasteiger partial charge on any atom is 0.308 e. The van der Waals surface area contributed by atoms with Crippen molar-refractivity contribution in [3.05, 3.63) is 35.9 Å². The lowest BCUT2D eigenvalue weighted by Gasteiger charge is -2.33. The molecule has 1 N–H and O–H groups in total. The first kappa shape index (κ1) is 17.5. The van der Waals surface area contributed by atoms with Crippen LogP contribution in [-0.4, -0.2) is 54.9 Å². The van der Waals surface area contributed by atoms with Crippen LogP contribution >= 0.6 is 0 Å². The highest BCUT2D eigenvalue weighted by Gasteiger charge is 2.36. The summed E-state index contributed by atoms with van der Waals surface area (Å²) < 4.78 is 24.1. The van der Waals surface area contributed by atoms with Gasteiger partial charge in [-0.15, -0.1) is 0 Å². The molecule has 1 heterocycles. The second kappa shape index (κ2) is 7.12. The number of carboxylic acid groups (broad SMARTS) is 1. The highest BCUT2D eigenvalue weighted by molar-refractivity contribution is 7.92. The summed E-state index contributed by atoms with van der Waals surface area (Å²) in [6.45, 7) is 0.485. The van der Waals surface area contributed by atoms with Gasteiger partial charge in [0.2, 0.25) is 5.91 Å². The van der Waals surface area contributed by atoms with E-state index in [2.05, 4.69) is 0 Å². The third-order valence-electron chi connectivity index (χ3n) is 4.14. The molecule has 126 valence electrons. The number of aliphatic carboxylic acids is 1. The summed E-state index contributed by atoms with van der Waals surface area (Å²) in [6.07, 6.45) is 2.25. The molecule has 0 aliphatic carbocycles. The molecule has 1 amide bonds. The van der Waals surface area contributed by atoms with Gasteiger partial charge in [-0.25, -0.2) is 8.42 Å². The van der Waals surface area contributed by atoms with Gasteiger partial charge in [-0.05, 0) is 24.8 Å². The quantitative estimate of drug-likeness (QED) is 0.863. The molecule has 1 saturated heterocycles. The Kier molecular flexibility index (Phi) is 5.41. The Hall–Kier alpha value is -1.89. The van der Waals surface area contributed by atoms with Crippen molar-refractivity contribution < 1.29 is 23.1 Å². The molecule has 0 bridgehead atoms. The van der Waals surface area contributed by atoms with E-state index in [1.165, 1.54) is 4.90 Å². The molecule has 6 nitrogen and oxygen atoms in total. The summed E-state index contributed by atoms with van der Waals surface area (Å²) in [6, 6.07) is 8.97. The number of rotatable bonds is 5. The van der Waals surface area contributed by atoms with Gasteiger partial charge in [0.1, 0.15) is 5.25 Å². The van der Waals surface area contributed by atoms with E-state index in [0.29, 0.717) is 19.4 Å². The molecule has 0 radical (unpaired) electrons. The summed E-state index contributed by atoms with van der Waals surface area (Å²) in [5, 5.41) is 7.95. The number of likely N-dealkylation sites (tertiary alicyclic amines) is 1. The monoisotopic (exact) mass is 339 g/mol. The molecule has 1 aliphatic rings. The Morgan fingerprint density at radius 1 is 1.30 bits per heavy atom. The Labute approximate surface area is 136 Å². The van der Waals surface area contributed by atoms with Gasteiger partial charge in [0, 0.05) is 19.3 Å². The van der Waals surface area contributed by atoms with Gasteiger partial charge in [-0.3, -0.25) is 9.59 Å². The van der Waals surface area contributed by atoms with E-state index in [1.807, 2.05) is 6.07 Å². The van der Waals surface area contributed by atoms with E-state index in [0.717, 1.165) is 11.8 Å². The van der Waals surface area contributed by atoms with Crippen LogP contribution in [-0.2, 0) is 25.8 Å². The molecule has 7 heteroatoms. The number of amides is 1. The second-order valence-electron chi connectivity index (χ2n) is 5.97. The maximum absolute atomic E-state index is 12.7. The Morgan fingerprint density at radius 3 is 2.52 bits per heavy atom. The highest BCUT2D eigenvalue weighted by Crippen LogP contribution is 2.20. The van der Waals surface area contributed by atoms with Gasteiger partial charge in [0.05, 0.1) is 5.92 Å². The fourth-order valence-corrected chi connectivity index (χ4v) is 3.84. The first-order valence-electron chi connectivity index (χ1n) is 7.53. The Bertz CT molecular complexity index is 671. The number of carbonyl (C=O) groups is 2. The summed E-state index contributed by atoms with van der Waals surface area (Å²) >= 11 is 0. The lowest BCUT2D eigenvalue weighted by molar-refractivity contribution is -0.145. The largest absolute Gasteiger partial charge is 0.481 e. The fraction of sp³-hybridized carbons (Fsp3) is 0.500. The van der Waals surface area contributed by atoms with Crippen LogP contribution in [0.5, 0.6) is 0 Å². The van der Waals surface area contributed by atoms with Gasteiger partial charge in [0.25, 0.3) is 0 Å². The zero-order valence-corrected chi connectivity index (χ0v) is 13.8. The van der Waals surface area contributed by atoms with Gasteiger partial charge in [0.15, 0.2) is 9.84 Å². The molecule has 0 saturated carbocycles. The van der Waals surface area contributed by atoms with Crippen molar-refractivity contribution in [1.82, 2.24) is 4.90 Å². The van der Waals surface area contributed by atoms with E-state index in [1.54, 1.807) is 24.3 Å². The molecule has 2 rings (SSSR count). The minimum absolute atomic E-state index is 0.0783. The van der Waals surface area contributed by atoms with Gasteiger partial charge in [-0.1, -0.05) is 30.3 Å². The second-order valence-corrected chi connectivity index (χ2v) is 8.20. The summed E-state index contributed by atoms with van der Waals surface area (Å²) in [5.41, 5.74) is 0.767. The zero-order chi connectivity index (χ0) is 17.0. The molecule has 2 unspecified atom stereocenters. The lowest BCUT2D eigenvalue weighted by Crippen LogP contribution is -2.49. The molecule has 1 aromatic carbocycles. The highest BCUT2D eigenvalue weighted by atomic mass is 32.2. The van der Waals surface area contributed by atoms with Crippen LogP contribution in [0.25, 0.3) is 0 Å². The number of carbonyl (C=O) groups excluding carboxylic acids is 1. The SMILES string of the molecule is CS(=O)(=O)C(Cc1ccccc1)C(=O)N1CCCC(C(=O)O)C1. The third-order valence-corrected chi connectivity index (χ3v) is 5.54. The zero-order valence-electron chi connectivity index (χ0n) is 13.0. The topological polar surface area (TPSA) is 91.8 Å². The van der Waals surface area contributed by atoms with E-state index in [9.17, 15) is 18.0 Å². The molecule has 1 fully saturated rings. The van der Waals surface area contributed by atoms with E-state index in [-0.39, 0.29) is 13.0 Å². The lowest BCUT2D eigenvalue weighted by atomic mass is 9.97. The minimum atomic E-state index is -3.59. The standard InChI is InChI=1S/C16H21NO5S/c1-23(21,22)14(10-12-6-3-2-4-7-12)15(18)17-9-5-8-13(11-17)16(19)20/h2-4,6-7,13-14H,5,8-11H2,1H3,(H,19,20). The van der Waals surface area contributed by atoms with Gasteiger partial charge < -0.3 is 10.0 Å². The molecule has 2 atom stereocenters. The number of carboxylic acids is 1. The van der Waals surface area contributed by atoms with Gasteiger partial charge >= 0.3 is 5.97 Å². The Morgan fingerprint density at radius 2 is 1.96 bits per heavy atom. The Balaban J connectivity index is 2.19. The normalized spacial score (nSPS) is 20.0. The molecule has 1 aliphatic heterocycles. The van der Waals surface area contributed by atoms with Crippen molar-refractivity contribution in [3.8, 4) is 0 Å². The van der Waals surface area contributed by atoms with Crippen molar-refractivity contribution in [1.29, 1.82) is 0 Å². The number of benzene rings is 1. The average molecular weight is 339 g/mol. The molecule has 23 heavy (non-hydrogen) atoms. The van der Waals surface area contributed by atoms with E-state index >= 15 is 0 Å². The van der Waals surface area contributed by atoms with Gasteiger partial charge in [-0.2, -0.15) is 0 Å². The molecule has 0 spiro atoms. The first-order chi connectivity index (χ1) is 10.8. The summed E-state index contributed by atoms with van der Waals surface area (Å²) in [7, 11) is -3.59. The molecular formula is C16H21NO5S. The predicted molar refractivity (Wildman–Crippen MR) is 85.7 cm³/mol. The number of hydrogen-bond donors (Lipinski definition) is 1. The number of nitrogens with zero attached hydrogens (tertiary/aromatic N) is 1. The maximum atomic E-state index is 12.7. The van der Waals surface area contributed by atoms with Crippen molar-refractivity contribution in [2.45, 2.75) is 24.5 Å². The van der Waals surface area contributed by atoms with Crippen LogP contribution in [0.1, 0.15) is 18.4 Å². The predicted octanol–water partition coefficient (Wildman–Crippen LogP) is 0.966. The molecular weight excluding hydrogens is 318 g/mol. The number of piperidine rings is 1. The molecule has 0 aromatic heterocycles. The van der Waals surface area contributed by atoms with Crippen molar-refractivity contribution in [3.63, 3.8) is 0 Å². The van der Waals surface area contributed by atoms with Crippen molar-refractivity contribution >= 4 is 21.7 Å². The van der Waals surface area contributed by atoms with Crippen molar-refractivity contribution in [2.75, 3.05) is 19.3 Å². The van der Waals surface area contributed by atoms with E-state index in [4.69, 9.17) is 5.11 Å². The first-order valence-corrected chi connectivity index (χ1v) is 9.49. The van der Waals surface area contributed by atoms with Crippen LogP contribution in [0.2, 0.25) is 0 Å². The summed E-state index contributed by atoms with van der Waals surface area (Å²) in [4.78, 5) is 25.2. The number of sulfone groups is 1. The molecule has 1 aromatic rings. The average Bonchev–Trinajstić information content (AvgIpc) is 2.52. The van der Waals surface area contributed by atoms with Crippen LogP contribution < -0.4 is 0 Å². The van der Waals surface area contributed by atoms with Crippen LogP contribution in [0, 0.1) is 5.92 Å². The minimum Gasteiger partial charge on any atom is -0.481 e. The fourth-order valence-electron chi connectivity index (χ4n) is 2.83. The van der Waals surface area contributed by atoms with Crippen molar-refractivity contribution in [2.24, 2.45) is 5.92 Å². The van der Waals surface area contributed by atoms with E-state index < -0.39 is 32.9 Å². The number of hydrogen-bond acceptors (Lipinski definition) is 4.